The molecule has 0 bridgehead atoms. The fourth-order valence-electron chi connectivity index (χ4n) is 1.18. The highest BCUT2D eigenvalue weighted by Gasteiger charge is 2.11. The summed E-state index contributed by atoms with van der Waals surface area (Å²) < 4.78 is 28.2. The van der Waals surface area contributed by atoms with E-state index < -0.39 is 6.61 Å². The SMILES string of the molecule is C[C@H](CN)NC(=O)c1cccc(OC(F)F)c1.Cl. The number of benzene rings is 1. The summed E-state index contributed by atoms with van der Waals surface area (Å²) in [5, 5.41) is 2.62. The molecule has 18 heavy (non-hydrogen) atoms. The maximum Gasteiger partial charge on any atom is 0.387 e. The van der Waals surface area contributed by atoms with Crippen LogP contribution in [0, 0.1) is 0 Å². The molecule has 0 aromatic heterocycles. The average Bonchev–Trinajstić information content (AvgIpc) is 2.28. The highest BCUT2D eigenvalue weighted by Crippen LogP contribution is 2.15. The molecule has 0 unspecified atom stereocenters. The molecular formula is C11H15ClF2N2O2. The van der Waals surface area contributed by atoms with E-state index in [-0.39, 0.29) is 35.7 Å². The second-order valence-corrected chi connectivity index (χ2v) is 3.52. The average molecular weight is 281 g/mol. The zero-order valence-electron chi connectivity index (χ0n) is 9.73. The maximum atomic E-state index is 12.0. The molecular weight excluding hydrogens is 266 g/mol. The first kappa shape index (κ1) is 16.6. The molecule has 1 aromatic rings. The molecule has 0 fully saturated rings. The normalized spacial score (nSPS) is 11.6. The van der Waals surface area contributed by atoms with Crippen LogP contribution in [-0.2, 0) is 0 Å². The lowest BCUT2D eigenvalue weighted by atomic mass is 10.2. The van der Waals surface area contributed by atoms with Crippen molar-refractivity contribution in [2.75, 3.05) is 6.54 Å². The number of hydrogen-bond donors (Lipinski definition) is 2. The Kier molecular flexibility index (Phi) is 7.23. The van der Waals surface area contributed by atoms with Crippen molar-refractivity contribution in [3.05, 3.63) is 29.8 Å². The molecule has 1 amide bonds. The number of nitrogens with one attached hydrogen (secondary N) is 1. The van der Waals surface area contributed by atoms with Crippen molar-refractivity contribution in [1.82, 2.24) is 5.32 Å². The van der Waals surface area contributed by atoms with Gasteiger partial charge in [0.25, 0.3) is 5.91 Å². The van der Waals surface area contributed by atoms with Gasteiger partial charge in [-0.3, -0.25) is 4.79 Å². The fraction of sp³-hybridized carbons (Fsp3) is 0.364. The van der Waals surface area contributed by atoms with E-state index in [0.29, 0.717) is 6.54 Å². The Bertz CT molecular complexity index is 391. The zero-order chi connectivity index (χ0) is 12.8. The summed E-state index contributed by atoms with van der Waals surface area (Å²) in [5.74, 6) is -0.421. The van der Waals surface area contributed by atoms with Gasteiger partial charge >= 0.3 is 6.61 Å². The van der Waals surface area contributed by atoms with Crippen LogP contribution in [0.1, 0.15) is 17.3 Å². The molecule has 0 saturated carbocycles. The summed E-state index contributed by atoms with van der Waals surface area (Å²) in [7, 11) is 0. The molecule has 1 atom stereocenters. The Hall–Kier alpha value is -1.40. The molecule has 0 aliphatic rings. The molecule has 3 N–H and O–H groups in total. The highest BCUT2D eigenvalue weighted by molar-refractivity contribution is 5.94. The van der Waals surface area contributed by atoms with Crippen molar-refractivity contribution in [1.29, 1.82) is 0 Å². The summed E-state index contributed by atoms with van der Waals surface area (Å²) >= 11 is 0. The van der Waals surface area contributed by atoms with Crippen molar-refractivity contribution < 1.29 is 18.3 Å². The molecule has 0 saturated heterocycles. The van der Waals surface area contributed by atoms with Gasteiger partial charge < -0.3 is 15.8 Å². The molecule has 0 aliphatic heterocycles. The van der Waals surface area contributed by atoms with Gasteiger partial charge in [0.1, 0.15) is 5.75 Å². The second-order valence-electron chi connectivity index (χ2n) is 3.52. The van der Waals surface area contributed by atoms with E-state index >= 15 is 0 Å². The second kappa shape index (κ2) is 7.84. The van der Waals surface area contributed by atoms with Crippen molar-refractivity contribution in [2.45, 2.75) is 19.6 Å². The molecule has 1 rings (SSSR count). The molecule has 0 aliphatic carbocycles. The van der Waals surface area contributed by atoms with Crippen molar-refractivity contribution >= 4 is 18.3 Å². The first-order valence-corrected chi connectivity index (χ1v) is 5.08. The van der Waals surface area contributed by atoms with Gasteiger partial charge in [0.15, 0.2) is 0 Å². The standard InChI is InChI=1S/C11H14F2N2O2.ClH/c1-7(6-14)15-10(16)8-3-2-4-9(5-8)17-11(12)13;/h2-5,7,11H,6,14H2,1H3,(H,15,16);1H/t7-;/m1./s1. The van der Waals surface area contributed by atoms with Crippen LogP contribution in [0.15, 0.2) is 24.3 Å². The van der Waals surface area contributed by atoms with E-state index in [9.17, 15) is 13.6 Å². The quantitative estimate of drug-likeness (QED) is 0.864. The summed E-state index contributed by atoms with van der Waals surface area (Å²) in [6.07, 6.45) is 0. The summed E-state index contributed by atoms with van der Waals surface area (Å²) in [6.45, 7) is -0.854. The van der Waals surface area contributed by atoms with E-state index in [4.69, 9.17) is 5.73 Å². The van der Waals surface area contributed by atoms with Gasteiger partial charge in [0, 0.05) is 18.2 Å². The maximum absolute atomic E-state index is 12.0. The van der Waals surface area contributed by atoms with Crippen molar-refractivity contribution in [3.8, 4) is 5.75 Å². The van der Waals surface area contributed by atoms with E-state index in [1.54, 1.807) is 6.92 Å². The number of alkyl halides is 2. The van der Waals surface area contributed by atoms with E-state index in [2.05, 4.69) is 10.1 Å². The lowest BCUT2D eigenvalue weighted by molar-refractivity contribution is -0.0498. The molecule has 7 heteroatoms. The Labute approximate surface area is 110 Å². The number of hydrogen-bond acceptors (Lipinski definition) is 3. The smallest absolute Gasteiger partial charge is 0.387 e. The molecule has 1 aromatic carbocycles. The van der Waals surface area contributed by atoms with Crippen LogP contribution < -0.4 is 15.8 Å². The molecule has 0 heterocycles. The minimum absolute atomic E-state index is 0. The Balaban J connectivity index is 0.00000289. The summed E-state index contributed by atoms with van der Waals surface area (Å²) in [6, 6.07) is 5.42. The first-order chi connectivity index (χ1) is 8.02. The highest BCUT2D eigenvalue weighted by atomic mass is 35.5. The van der Waals surface area contributed by atoms with Crippen molar-refractivity contribution in [2.24, 2.45) is 5.73 Å². The number of amides is 1. The lowest BCUT2D eigenvalue weighted by Gasteiger charge is -2.12. The third-order valence-electron chi connectivity index (χ3n) is 2.05. The van der Waals surface area contributed by atoms with Crippen LogP contribution in [0.2, 0.25) is 0 Å². The lowest BCUT2D eigenvalue weighted by Crippen LogP contribution is -2.37. The number of halogens is 3. The van der Waals surface area contributed by atoms with Gasteiger partial charge in [-0.15, -0.1) is 12.4 Å². The van der Waals surface area contributed by atoms with Gasteiger partial charge in [0.2, 0.25) is 0 Å². The number of carbonyl (C=O) groups excluding carboxylic acids is 1. The van der Waals surface area contributed by atoms with E-state index in [1.165, 1.54) is 24.3 Å². The van der Waals surface area contributed by atoms with E-state index in [1.807, 2.05) is 0 Å². The summed E-state index contributed by atoms with van der Waals surface area (Å²) in [4.78, 5) is 11.6. The predicted molar refractivity (Wildman–Crippen MR) is 66.3 cm³/mol. The zero-order valence-corrected chi connectivity index (χ0v) is 10.5. The monoisotopic (exact) mass is 280 g/mol. The minimum atomic E-state index is -2.91. The van der Waals surface area contributed by atoms with Gasteiger partial charge in [-0.05, 0) is 25.1 Å². The minimum Gasteiger partial charge on any atom is -0.435 e. The van der Waals surface area contributed by atoms with Gasteiger partial charge in [-0.1, -0.05) is 6.07 Å². The van der Waals surface area contributed by atoms with Crippen LogP contribution in [0.3, 0.4) is 0 Å². The summed E-state index contributed by atoms with van der Waals surface area (Å²) in [5.41, 5.74) is 5.61. The molecule has 102 valence electrons. The Morgan fingerprint density at radius 3 is 2.72 bits per heavy atom. The fourth-order valence-corrected chi connectivity index (χ4v) is 1.18. The molecule has 0 spiro atoms. The van der Waals surface area contributed by atoms with Crippen LogP contribution in [0.4, 0.5) is 8.78 Å². The molecule has 4 nitrogen and oxygen atoms in total. The number of carbonyl (C=O) groups is 1. The Morgan fingerprint density at radius 2 is 2.17 bits per heavy atom. The van der Waals surface area contributed by atoms with Gasteiger partial charge in [-0.2, -0.15) is 8.78 Å². The number of ether oxygens (including phenoxy) is 1. The van der Waals surface area contributed by atoms with Gasteiger partial charge in [0.05, 0.1) is 0 Å². The van der Waals surface area contributed by atoms with Crippen LogP contribution >= 0.6 is 12.4 Å². The van der Waals surface area contributed by atoms with E-state index in [0.717, 1.165) is 0 Å². The van der Waals surface area contributed by atoms with Gasteiger partial charge in [-0.25, -0.2) is 0 Å². The number of nitrogens with two attached hydrogens (primary N) is 1. The number of rotatable bonds is 5. The largest absolute Gasteiger partial charge is 0.435 e. The predicted octanol–water partition coefficient (Wildman–Crippen LogP) is 1.79. The first-order valence-electron chi connectivity index (χ1n) is 5.08. The van der Waals surface area contributed by atoms with Crippen molar-refractivity contribution in [3.63, 3.8) is 0 Å². The van der Waals surface area contributed by atoms with Crippen LogP contribution in [0.25, 0.3) is 0 Å². The topological polar surface area (TPSA) is 64.3 Å². The van der Waals surface area contributed by atoms with Crippen LogP contribution in [0.5, 0.6) is 5.75 Å². The molecule has 0 radical (unpaired) electrons. The van der Waals surface area contributed by atoms with Crippen LogP contribution in [-0.4, -0.2) is 25.1 Å². The third-order valence-corrected chi connectivity index (χ3v) is 2.05. The Morgan fingerprint density at radius 1 is 1.50 bits per heavy atom. The third kappa shape index (κ3) is 5.29.